The van der Waals surface area contributed by atoms with Gasteiger partial charge in [0.15, 0.2) is 0 Å². The first-order chi connectivity index (χ1) is 14.0. The lowest BCUT2D eigenvalue weighted by atomic mass is 9.59. The zero-order chi connectivity index (χ0) is 20.0. The van der Waals surface area contributed by atoms with Crippen molar-refractivity contribution in [3.8, 4) is 0 Å². The molecule has 3 aliphatic heterocycles. The van der Waals surface area contributed by atoms with Crippen LogP contribution in [0.25, 0.3) is 0 Å². The summed E-state index contributed by atoms with van der Waals surface area (Å²) in [5.41, 5.74) is 3.54. The standard InChI is InChI=1S/C24H39N3O2/c1-17-6-5-8-24(2)15-21-18(14-20(17)24)19(23(28)29-21)16-26-10-12-27(13-11-26)22-7-3-4-9-25-22/h18-19,21-22,25H,3-16H2,1-2H3. The lowest BCUT2D eigenvalue weighted by molar-refractivity contribution is -0.145. The van der Waals surface area contributed by atoms with Crippen molar-refractivity contribution >= 4 is 5.97 Å². The number of hydrogen-bond donors (Lipinski definition) is 1. The molecule has 5 unspecified atom stereocenters. The van der Waals surface area contributed by atoms with Crippen molar-refractivity contribution in [2.75, 3.05) is 39.3 Å². The predicted molar refractivity (Wildman–Crippen MR) is 114 cm³/mol. The van der Waals surface area contributed by atoms with Gasteiger partial charge < -0.3 is 10.1 Å². The monoisotopic (exact) mass is 401 g/mol. The van der Waals surface area contributed by atoms with E-state index >= 15 is 0 Å². The Balaban J connectivity index is 1.21. The Morgan fingerprint density at radius 3 is 2.76 bits per heavy atom. The molecule has 1 N–H and O–H groups in total. The van der Waals surface area contributed by atoms with Gasteiger partial charge >= 0.3 is 5.97 Å². The number of allylic oxidation sites excluding steroid dienone is 2. The van der Waals surface area contributed by atoms with Crippen molar-refractivity contribution in [1.29, 1.82) is 0 Å². The SMILES string of the molecule is CC1=C2CC3C(CC2(C)CCC1)OC(=O)C3CN1CCN(C2CCCCN2)CC1. The van der Waals surface area contributed by atoms with E-state index in [1.54, 1.807) is 11.1 Å². The number of fused-ring (bicyclic) bond motifs is 2. The summed E-state index contributed by atoms with van der Waals surface area (Å²) in [5, 5.41) is 3.68. The number of piperazine rings is 1. The summed E-state index contributed by atoms with van der Waals surface area (Å²) in [7, 11) is 0. The molecule has 3 saturated heterocycles. The van der Waals surface area contributed by atoms with Crippen LogP contribution in [-0.2, 0) is 9.53 Å². The number of carbonyl (C=O) groups excluding carboxylic acids is 1. The van der Waals surface area contributed by atoms with Crippen LogP contribution >= 0.6 is 0 Å². The summed E-state index contributed by atoms with van der Waals surface area (Å²) in [5.74, 6) is 0.555. The van der Waals surface area contributed by atoms with Crippen molar-refractivity contribution in [3.05, 3.63) is 11.1 Å². The minimum Gasteiger partial charge on any atom is -0.462 e. The average Bonchev–Trinajstić information content (AvgIpc) is 3.01. The molecule has 5 aliphatic rings. The molecule has 5 heteroatoms. The molecule has 162 valence electrons. The van der Waals surface area contributed by atoms with Crippen LogP contribution in [0.2, 0.25) is 0 Å². The third-order valence-electron chi connectivity index (χ3n) is 8.77. The maximum Gasteiger partial charge on any atom is 0.310 e. The van der Waals surface area contributed by atoms with Gasteiger partial charge in [-0.25, -0.2) is 0 Å². The summed E-state index contributed by atoms with van der Waals surface area (Å²) in [6, 6.07) is 0. The van der Waals surface area contributed by atoms with Gasteiger partial charge in [0, 0.05) is 38.6 Å². The first kappa shape index (κ1) is 20.0. The Labute approximate surface area is 176 Å². The van der Waals surface area contributed by atoms with E-state index in [1.807, 2.05) is 0 Å². The van der Waals surface area contributed by atoms with Crippen LogP contribution in [0.5, 0.6) is 0 Å². The molecule has 2 aliphatic carbocycles. The van der Waals surface area contributed by atoms with Crippen molar-refractivity contribution < 1.29 is 9.53 Å². The van der Waals surface area contributed by atoms with Crippen LogP contribution in [0.4, 0.5) is 0 Å². The van der Waals surface area contributed by atoms with Gasteiger partial charge in [-0.3, -0.25) is 14.6 Å². The van der Waals surface area contributed by atoms with Gasteiger partial charge in [0.25, 0.3) is 0 Å². The van der Waals surface area contributed by atoms with Gasteiger partial charge in [0.1, 0.15) is 6.10 Å². The Bertz CT molecular complexity index is 663. The molecule has 0 radical (unpaired) electrons. The molecule has 0 spiro atoms. The second-order valence-corrected chi connectivity index (χ2v) is 10.6. The second-order valence-electron chi connectivity index (χ2n) is 10.6. The zero-order valence-corrected chi connectivity index (χ0v) is 18.4. The van der Waals surface area contributed by atoms with E-state index in [2.05, 4.69) is 29.0 Å². The molecule has 1 saturated carbocycles. The van der Waals surface area contributed by atoms with Crippen molar-refractivity contribution in [1.82, 2.24) is 15.1 Å². The molecule has 5 rings (SSSR count). The van der Waals surface area contributed by atoms with Gasteiger partial charge in [0.05, 0.1) is 12.1 Å². The van der Waals surface area contributed by atoms with Crippen molar-refractivity contribution in [3.63, 3.8) is 0 Å². The number of nitrogens with zero attached hydrogens (tertiary/aromatic N) is 2. The van der Waals surface area contributed by atoms with Gasteiger partial charge in [-0.05, 0) is 70.3 Å². The number of hydrogen-bond acceptors (Lipinski definition) is 5. The Hall–Kier alpha value is -0.910. The van der Waals surface area contributed by atoms with E-state index in [9.17, 15) is 4.79 Å². The molecular formula is C24H39N3O2. The van der Waals surface area contributed by atoms with Crippen LogP contribution in [0.15, 0.2) is 11.1 Å². The summed E-state index contributed by atoms with van der Waals surface area (Å²) < 4.78 is 5.98. The highest BCUT2D eigenvalue weighted by Crippen LogP contribution is 2.55. The van der Waals surface area contributed by atoms with Gasteiger partial charge in [0.2, 0.25) is 0 Å². The van der Waals surface area contributed by atoms with Gasteiger partial charge in [-0.2, -0.15) is 0 Å². The fourth-order valence-corrected chi connectivity index (χ4v) is 7.00. The van der Waals surface area contributed by atoms with Crippen LogP contribution < -0.4 is 5.32 Å². The lowest BCUT2D eigenvalue weighted by Gasteiger charge is -2.46. The summed E-state index contributed by atoms with van der Waals surface area (Å²) in [4.78, 5) is 18.0. The molecular weight excluding hydrogens is 362 g/mol. The second kappa shape index (κ2) is 7.97. The van der Waals surface area contributed by atoms with Crippen LogP contribution in [0.3, 0.4) is 0 Å². The maximum atomic E-state index is 12.8. The number of carbonyl (C=O) groups is 1. The molecule has 4 fully saturated rings. The highest BCUT2D eigenvalue weighted by molar-refractivity contribution is 5.76. The summed E-state index contributed by atoms with van der Waals surface area (Å²) >= 11 is 0. The smallest absolute Gasteiger partial charge is 0.310 e. The third kappa shape index (κ3) is 3.79. The number of piperidine rings is 1. The van der Waals surface area contributed by atoms with E-state index in [4.69, 9.17) is 4.74 Å². The van der Waals surface area contributed by atoms with E-state index in [0.717, 1.165) is 52.1 Å². The molecule has 0 amide bonds. The first-order valence-electron chi connectivity index (χ1n) is 12.1. The molecule has 0 aromatic heterocycles. The highest BCUT2D eigenvalue weighted by atomic mass is 16.6. The van der Waals surface area contributed by atoms with Gasteiger partial charge in [-0.15, -0.1) is 0 Å². The molecule has 29 heavy (non-hydrogen) atoms. The quantitative estimate of drug-likeness (QED) is 0.581. The first-order valence-corrected chi connectivity index (χ1v) is 12.1. The topological polar surface area (TPSA) is 44.8 Å². The fraction of sp³-hybridized carbons (Fsp3) is 0.875. The maximum absolute atomic E-state index is 12.8. The fourth-order valence-electron chi connectivity index (χ4n) is 7.00. The van der Waals surface area contributed by atoms with E-state index in [0.29, 0.717) is 12.1 Å². The molecule has 5 atom stereocenters. The van der Waals surface area contributed by atoms with Gasteiger partial charge in [-0.1, -0.05) is 18.1 Å². The Kier molecular flexibility index (Phi) is 5.50. The van der Waals surface area contributed by atoms with E-state index in [1.165, 1.54) is 38.5 Å². The minimum atomic E-state index is 0.0751. The normalized spacial score (nSPS) is 41.8. The predicted octanol–water partition coefficient (Wildman–Crippen LogP) is 3.16. The number of ether oxygens (including phenoxy) is 1. The minimum absolute atomic E-state index is 0.0751. The number of rotatable bonds is 3. The zero-order valence-electron chi connectivity index (χ0n) is 18.4. The molecule has 3 heterocycles. The van der Waals surface area contributed by atoms with Crippen molar-refractivity contribution in [2.45, 2.75) is 77.5 Å². The van der Waals surface area contributed by atoms with Crippen LogP contribution in [0, 0.1) is 17.3 Å². The summed E-state index contributed by atoms with van der Waals surface area (Å²) in [6.07, 6.45) is 10.6. The number of esters is 1. The summed E-state index contributed by atoms with van der Waals surface area (Å²) in [6.45, 7) is 11.2. The third-order valence-corrected chi connectivity index (χ3v) is 8.77. The lowest BCUT2D eigenvalue weighted by Crippen LogP contribution is -2.56. The average molecular weight is 402 g/mol. The molecule has 0 aromatic rings. The van der Waals surface area contributed by atoms with Crippen LogP contribution in [0.1, 0.15) is 65.2 Å². The van der Waals surface area contributed by atoms with Crippen molar-refractivity contribution in [2.24, 2.45) is 17.3 Å². The molecule has 0 aromatic carbocycles. The van der Waals surface area contributed by atoms with E-state index in [-0.39, 0.29) is 23.4 Å². The largest absolute Gasteiger partial charge is 0.462 e. The van der Waals surface area contributed by atoms with E-state index < -0.39 is 0 Å². The molecule has 5 nitrogen and oxygen atoms in total. The Morgan fingerprint density at radius 2 is 2.00 bits per heavy atom. The highest BCUT2D eigenvalue weighted by Gasteiger charge is 2.53. The Morgan fingerprint density at radius 1 is 1.17 bits per heavy atom. The van der Waals surface area contributed by atoms with Crippen LogP contribution in [-0.4, -0.2) is 67.3 Å². The molecule has 0 bridgehead atoms. The number of nitrogens with one attached hydrogen (secondary N) is 1.